The monoisotopic (exact) mass is 428 g/mol. The van der Waals surface area contributed by atoms with E-state index in [2.05, 4.69) is 42.0 Å². The van der Waals surface area contributed by atoms with Gasteiger partial charge in [-0.1, -0.05) is 21.1 Å². The van der Waals surface area contributed by atoms with Crippen LogP contribution >= 0.6 is 54.5 Å². The highest BCUT2D eigenvalue weighted by Crippen LogP contribution is 2.29. The van der Waals surface area contributed by atoms with Gasteiger partial charge >= 0.3 is 0 Å². The smallest absolute Gasteiger partial charge is 0.259 e. The van der Waals surface area contributed by atoms with E-state index in [9.17, 15) is 0 Å². The molecule has 0 amide bonds. The first-order valence-electron chi connectivity index (χ1n) is 3.61. The van der Waals surface area contributed by atoms with Gasteiger partial charge in [0, 0.05) is 31.5 Å². The Morgan fingerprint density at radius 1 is 1.29 bits per heavy atom. The molecule has 0 aliphatic carbocycles. The second-order valence-electron chi connectivity index (χ2n) is 2.49. The molecule has 14 heavy (non-hydrogen) atoms. The van der Waals surface area contributed by atoms with Gasteiger partial charge in [0.15, 0.2) is 0 Å². The molecule has 0 aliphatic rings. The van der Waals surface area contributed by atoms with Crippen LogP contribution in [0.3, 0.4) is 0 Å². The third-order valence-corrected chi connectivity index (χ3v) is 3.18. The Labute approximate surface area is 111 Å². The van der Waals surface area contributed by atoms with Crippen LogP contribution in [-0.2, 0) is 0 Å². The minimum absolute atomic E-state index is 0.516. The van der Waals surface area contributed by atoms with Gasteiger partial charge in [-0.15, -0.1) is 0 Å². The largest absolute Gasteiger partial charge is 0.333 e. The maximum Gasteiger partial charge on any atom is 0.259 e. The van der Waals surface area contributed by atoms with E-state index in [1.807, 2.05) is 40.8 Å². The molecule has 0 spiro atoms. The molecule has 3 nitrogen and oxygen atoms in total. The molecule has 0 unspecified atom stereocenters. The second kappa shape index (κ2) is 4.28. The predicted molar refractivity (Wildman–Crippen MR) is 67.9 cm³/mol. The molecular weight excluding hydrogens is 427 g/mol. The first-order chi connectivity index (χ1) is 6.66. The number of hydrogen-bond donors (Lipinski definition) is 0. The zero-order valence-corrected chi connectivity index (χ0v) is 12.0. The quantitative estimate of drug-likeness (QED) is 0.646. The molecule has 0 aliphatic heterocycles. The number of nitrogens with zero attached hydrogens (tertiary/aromatic N) is 2. The normalized spacial score (nSPS) is 10.5. The maximum absolute atomic E-state index is 5.07. The first-order valence-corrected chi connectivity index (χ1v) is 6.28. The molecule has 1 heterocycles. The van der Waals surface area contributed by atoms with E-state index in [0.717, 1.165) is 14.5 Å². The molecule has 72 valence electrons. The van der Waals surface area contributed by atoms with Crippen LogP contribution in [0.5, 0.6) is 0 Å². The fourth-order valence-electron chi connectivity index (χ4n) is 0.976. The van der Waals surface area contributed by atoms with Crippen molar-refractivity contribution in [3.05, 3.63) is 31.0 Å². The van der Waals surface area contributed by atoms with Gasteiger partial charge < -0.3 is 4.52 Å². The highest BCUT2D eigenvalue weighted by molar-refractivity contribution is 14.1. The Kier molecular flexibility index (Phi) is 3.23. The van der Waals surface area contributed by atoms with Gasteiger partial charge in [0.2, 0.25) is 3.83 Å². The number of hydrogen-bond acceptors (Lipinski definition) is 3. The van der Waals surface area contributed by atoms with Crippen molar-refractivity contribution < 1.29 is 4.52 Å². The summed E-state index contributed by atoms with van der Waals surface area (Å²) in [4.78, 5) is 4.14. The van der Waals surface area contributed by atoms with Crippen molar-refractivity contribution in [3.63, 3.8) is 0 Å². The third kappa shape index (κ3) is 2.17. The molecule has 2 aromatic rings. The summed E-state index contributed by atoms with van der Waals surface area (Å²) >= 11 is 8.82. The molecule has 1 aromatic heterocycles. The van der Waals surface area contributed by atoms with E-state index < -0.39 is 0 Å². The van der Waals surface area contributed by atoms with Crippen LogP contribution in [0.2, 0.25) is 0 Å². The van der Waals surface area contributed by atoms with Crippen LogP contribution < -0.4 is 0 Å². The molecule has 0 bridgehead atoms. The summed E-state index contributed by atoms with van der Waals surface area (Å²) in [5, 5.41) is 3.73. The van der Waals surface area contributed by atoms with E-state index in [1.54, 1.807) is 0 Å². The summed E-state index contributed by atoms with van der Waals surface area (Å²) in [5.74, 6) is 0.516. The number of rotatable bonds is 1. The van der Waals surface area contributed by atoms with Crippen molar-refractivity contribution in [1.29, 1.82) is 0 Å². The number of aromatic nitrogens is 2. The van der Waals surface area contributed by atoms with Crippen molar-refractivity contribution >= 4 is 54.5 Å². The van der Waals surface area contributed by atoms with Crippen LogP contribution in [0, 0.1) is 3.83 Å². The molecule has 0 fully saturated rings. The van der Waals surface area contributed by atoms with Crippen molar-refractivity contribution in [2.45, 2.75) is 0 Å². The molecule has 0 N–H and O–H groups in total. The summed E-state index contributed by atoms with van der Waals surface area (Å²) in [5.41, 5.74) is 0.884. The summed E-state index contributed by atoms with van der Waals surface area (Å²) in [7, 11) is 0. The van der Waals surface area contributed by atoms with Crippen molar-refractivity contribution in [1.82, 2.24) is 10.1 Å². The van der Waals surface area contributed by atoms with Crippen LogP contribution in [-0.4, -0.2) is 10.1 Å². The lowest BCUT2D eigenvalue weighted by Crippen LogP contribution is -1.80. The number of benzene rings is 1. The van der Waals surface area contributed by atoms with Crippen LogP contribution in [0.4, 0.5) is 0 Å². The Hall–Kier alpha value is 0.0500. The van der Waals surface area contributed by atoms with Gasteiger partial charge in [-0.25, -0.2) is 0 Å². The molecule has 0 atom stereocenters. The summed E-state index contributed by atoms with van der Waals surface area (Å²) < 4.78 is 7.58. The topological polar surface area (TPSA) is 38.9 Å². The average molecular weight is 430 g/mol. The Balaban J connectivity index is 2.55. The lowest BCUT2D eigenvalue weighted by atomic mass is 10.2. The van der Waals surface area contributed by atoms with E-state index in [4.69, 9.17) is 4.52 Å². The Morgan fingerprint density at radius 3 is 2.71 bits per heavy atom. The molecule has 0 saturated heterocycles. The van der Waals surface area contributed by atoms with Gasteiger partial charge in [0.1, 0.15) is 0 Å². The van der Waals surface area contributed by atoms with Gasteiger partial charge in [0.05, 0.1) is 5.56 Å². The standard InChI is InChI=1S/C8H3Br2IN2O/c9-4-1-2-6(10)5(3-4)7-12-8(11)13-14-7/h1-3H. The van der Waals surface area contributed by atoms with Gasteiger partial charge in [-0.05, 0) is 34.1 Å². The lowest BCUT2D eigenvalue weighted by molar-refractivity contribution is 0.425. The highest BCUT2D eigenvalue weighted by atomic mass is 127. The Morgan fingerprint density at radius 2 is 2.07 bits per heavy atom. The third-order valence-electron chi connectivity index (χ3n) is 1.56. The zero-order chi connectivity index (χ0) is 10.1. The van der Waals surface area contributed by atoms with Crippen molar-refractivity contribution in [2.24, 2.45) is 0 Å². The molecule has 2 rings (SSSR count). The van der Waals surface area contributed by atoms with Gasteiger partial charge in [-0.3, -0.25) is 0 Å². The minimum atomic E-state index is 0.516. The van der Waals surface area contributed by atoms with Crippen molar-refractivity contribution in [3.8, 4) is 11.5 Å². The van der Waals surface area contributed by atoms with E-state index in [-0.39, 0.29) is 0 Å². The van der Waals surface area contributed by atoms with E-state index >= 15 is 0 Å². The first kappa shape index (κ1) is 10.6. The summed E-state index contributed by atoms with van der Waals surface area (Å²) in [6.45, 7) is 0. The predicted octanol–water partition coefficient (Wildman–Crippen LogP) is 3.87. The summed E-state index contributed by atoms with van der Waals surface area (Å²) in [6.07, 6.45) is 0. The molecule has 6 heteroatoms. The molecule has 1 aromatic carbocycles. The second-order valence-corrected chi connectivity index (χ2v) is 5.23. The van der Waals surface area contributed by atoms with Crippen LogP contribution in [0.25, 0.3) is 11.5 Å². The molecular formula is C8H3Br2IN2O. The van der Waals surface area contributed by atoms with Crippen LogP contribution in [0.1, 0.15) is 0 Å². The average Bonchev–Trinajstić information content (AvgIpc) is 2.56. The van der Waals surface area contributed by atoms with Gasteiger partial charge in [0.25, 0.3) is 5.89 Å². The van der Waals surface area contributed by atoms with Crippen LogP contribution in [0.15, 0.2) is 31.7 Å². The number of halogens is 3. The van der Waals surface area contributed by atoms with E-state index in [1.165, 1.54) is 0 Å². The Bertz CT molecular complexity index is 472. The SMILES string of the molecule is Brc1ccc(Br)c(-c2nc(I)no2)c1. The van der Waals surface area contributed by atoms with E-state index in [0.29, 0.717) is 9.72 Å². The maximum atomic E-state index is 5.07. The molecule has 0 saturated carbocycles. The summed E-state index contributed by atoms with van der Waals surface area (Å²) in [6, 6.07) is 5.79. The van der Waals surface area contributed by atoms with Gasteiger partial charge in [-0.2, -0.15) is 4.98 Å². The lowest BCUT2D eigenvalue weighted by Gasteiger charge is -1.98. The molecule has 0 radical (unpaired) electrons. The highest BCUT2D eigenvalue weighted by Gasteiger charge is 2.10. The van der Waals surface area contributed by atoms with Crippen molar-refractivity contribution in [2.75, 3.05) is 0 Å². The zero-order valence-electron chi connectivity index (χ0n) is 6.67. The fraction of sp³-hybridized carbons (Fsp3) is 0. The fourth-order valence-corrected chi connectivity index (χ4v) is 2.07. The minimum Gasteiger partial charge on any atom is -0.333 e.